The Morgan fingerprint density at radius 3 is 0.923 bits per heavy atom. The number of ether oxygens (including phenoxy) is 3. The number of carbonyl (C=O) groups excluding carboxylic acids is 6. The first-order chi connectivity index (χ1) is 25.0. The molecule has 3 aromatic carbocycles. The summed E-state index contributed by atoms with van der Waals surface area (Å²) in [6.45, 7) is 5.67. The summed E-state index contributed by atoms with van der Waals surface area (Å²) in [7, 11) is 0. The van der Waals surface area contributed by atoms with Crippen LogP contribution in [0.1, 0.15) is 88.3 Å². The molecule has 0 N–H and O–H groups in total. The molecule has 0 bridgehead atoms. The van der Waals surface area contributed by atoms with Crippen LogP contribution in [-0.2, 0) is 62.8 Å². The molecule has 0 unspecified atom stereocenters. The van der Waals surface area contributed by atoms with Gasteiger partial charge in [0.25, 0.3) is 0 Å². The molecule has 0 spiro atoms. The van der Waals surface area contributed by atoms with Crippen LogP contribution in [0.3, 0.4) is 0 Å². The van der Waals surface area contributed by atoms with Crippen LogP contribution in [0.15, 0.2) is 72.8 Å². The zero-order valence-electron chi connectivity index (χ0n) is 29.2. The van der Waals surface area contributed by atoms with Crippen LogP contribution in [0.5, 0.6) is 0 Å². The van der Waals surface area contributed by atoms with Crippen molar-refractivity contribution in [3.63, 3.8) is 0 Å². The molecule has 15 heteroatoms. The molecule has 0 atom stereocenters. The van der Waals surface area contributed by atoms with Gasteiger partial charge in [0.2, 0.25) is 0 Å². The second kappa shape index (κ2) is 20.5. The third kappa shape index (κ3) is 13.0. The van der Waals surface area contributed by atoms with Crippen LogP contribution in [0.25, 0.3) is 0 Å². The van der Waals surface area contributed by atoms with E-state index < -0.39 is 61.6 Å². The molecule has 0 saturated heterocycles. The predicted octanol–water partition coefficient (Wildman–Crippen LogP) is 7.24. The molecule has 0 amide bonds. The van der Waals surface area contributed by atoms with Crippen LogP contribution in [0.2, 0.25) is 0 Å². The number of aryl methyl sites for hydroxylation is 3. The highest BCUT2D eigenvalue weighted by Crippen LogP contribution is 2.27. The summed E-state index contributed by atoms with van der Waals surface area (Å²) >= 11 is 0. The summed E-state index contributed by atoms with van der Waals surface area (Å²) < 4.78 is 15.4. The summed E-state index contributed by atoms with van der Waals surface area (Å²) in [4.78, 5) is 101. The summed E-state index contributed by atoms with van der Waals surface area (Å²) in [5, 5.41) is 0. The lowest BCUT2D eigenvalue weighted by Crippen LogP contribution is -2.40. The van der Waals surface area contributed by atoms with E-state index in [1.807, 2.05) is 20.8 Å². The van der Waals surface area contributed by atoms with Gasteiger partial charge in [-0.2, -0.15) is 14.4 Å². The molecule has 0 aliphatic heterocycles. The molecule has 0 aliphatic carbocycles. The molecule has 0 aliphatic rings. The Morgan fingerprint density at radius 1 is 0.423 bits per heavy atom. The van der Waals surface area contributed by atoms with Crippen molar-refractivity contribution in [2.24, 2.45) is 5.41 Å². The molecule has 0 heterocycles. The molecule has 0 radical (unpaired) electrons. The van der Waals surface area contributed by atoms with Gasteiger partial charge < -0.3 is 14.2 Å². The lowest BCUT2D eigenvalue weighted by molar-refractivity contribution is -0.217. The van der Waals surface area contributed by atoms with E-state index in [1.54, 1.807) is 43.3 Å². The largest absolute Gasteiger partial charge is 0.549 e. The number of hydrogen-bond acceptors (Lipinski definition) is 15. The highest BCUT2D eigenvalue weighted by atomic mass is 17.2. The van der Waals surface area contributed by atoms with Crippen molar-refractivity contribution in [1.82, 2.24) is 0 Å². The normalized spacial score (nSPS) is 10.6. The fourth-order valence-electron chi connectivity index (χ4n) is 4.57. The van der Waals surface area contributed by atoms with Gasteiger partial charge in [0.05, 0.1) is 22.1 Å². The van der Waals surface area contributed by atoms with Crippen LogP contribution < -0.4 is 0 Å². The van der Waals surface area contributed by atoms with E-state index in [-0.39, 0.29) is 23.1 Å². The fourth-order valence-corrected chi connectivity index (χ4v) is 4.57. The van der Waals surface area contributed by atoms with Crippen molar-refractivity contribution in [2.45, 2.75) is 59.8 Å². The van der Waals surface area contributed by atoms with Gasteiger partial charge in [-0.15, -0.1) is 0 Å². The van der Waals surface area contributed by atoms with Crippen LogP contribution in [-0.4, -0.2) is 56.2 Å². The van der Waals surface area contributed by atoms with Crippen molar-refractivity contribution in [1.29, 1.82) is 0 Å². The van der Waals surface area contributed by atoms with E-state index >= 15 is 0 Å². The van der Waals surface area contributed by atoms with Gasteiger partial charge in [0.15, 0.2) is 0 Å². The van der Waals surface area contributed by atoms with Gasteiger partial charge in [-0.1, -0.05) is 70.5 Å². The molecule has 3 aromatic rings. The van der Waals surface area contributed by atoms with Crippen LogP contribution in [0.4, 0.5) is 14.4 Å². The van der Waals surface area contributed by atoms with Crippen LogP contribution >= 0.6 is 0 Å². The Labute approximate surface area is 299 Å². The third-order valence-corrected chi connectivity index (χ3v) is 7.62. The summed E-state index contributed by atoms with van der Waals surface area (Å²) in [6, 6.07) is 19.2. The highest BCUT2D eigenvalue weighted by Gasteiger charge is 2.37. The van der Waals surface area contributed by atoms with Gasteiger partial charge in [0.1, 0.15) is 19.8 Å². The minimum Gasteiger partial charge on any atom is -0.431 e. The zero-order chi connectivity index (χ0) is 37.9. The Balaban J connectivity index is 1.62. The van der Waals surface area contributed by atoms with E-state index in [2.05, 4.69) is 29.3 Å². The molecule has 0 aromatic heterocycles. The second-order valence-electron chi connectivity index (χ2n) is 11.4. The van der Waals surface area contributed by atoms with Crippen molar-refractivity contribution in [3.05, 3.63) is 106 Å². The smallest absolute Gasteiger partial charge is 0.431 e. The SMILES string of the molecule is CCCC(COC(=O)OOC(=O)c1ccc(CC)cc1)(COC(=O)OOC(=O)c1ccc(CC)cc1)COC(=O)OOC(=O)c1ccc(CC)cc1. The lowest BCUT2D eigenvalue weighted by Gasteiger charge is -2.30. The van der Waals surface area contributed by atoms with Gasteiger partial charge in [-0.25, -0.2) is 43.7 Å². The predicted molar refractivity (Wildman–Crippen MR) is 178 cm³/mol. The molecule has 15 nitrogen and oxygen atoms in total. The topological polar surface area (TPSA) is 185 Å². The van der Waals surface area contributed by atoms with Crippen molar-refractivity contribution in [2.75, 3.05) is 19.8 Å². The maximum absolute atomic E-state index is 12.4. The highest BCUT2D eigenvalue weighted by molar-refractivity contribution is 5.90. The Kier molecular flexibility index (Phi) is 15.9. The third-order valence-electron chi connectivity index (χ3n) is 7.62. The van der Waals surface area contributed by atoms with E-state index in [9.17, 15) is 28.8 Å². The monoisotopic (exact) mass is 724 g/mol. The van der Waals surface area contributed by atoms with Crippen molar-refractivity contribution >= 4 is 36.4 Å². The molecule has 3 rings (SSSR count). The minimum atomic E-state index is -1.49. The Bertz CT molecular complexity index is 1460. The second-order valence-corrected chi connectivity index (χ2v) is 11.4. The molecular formula is C37H40O15. The Morgan fingerprint density at radius 2 is 0.692 bits per heavy atom. The molecule has 52 heavy (non-hydrogen) atoms. The number of rotatable bonds is 14. The maximum Gasteiger partial charge on any atom is 0.549 e. The van der Waals surface area contributed by atoms with Gasteiger partial charge in [-0.3, -0.25) is 0 Å². The lowest BCUT2D eigenvalue weighted by atomic mass is 9.86. The molecular weight excluding hydrogens is 684 g/mol. The van der Waals surface area contributed by atoms with Crippen LogP contribution in [0, 0.1) is 5.41 Å². The van der Waals surface area contributed by atoms with E-state index in [0.29, 0.717) is 6.42 Å². The summed E-state index contributed by atoms with van der Waals surface area (Å²) in [5.41, 5.74) is 1.76. The molecule has 278 valence electrons. The number of benzene rings is 3. The van der Waals surface area contributed by atoms with Gasteiger partial charge in [0, 0.05) is 0 Å². The van der Waals surface area contributed by atoms with Gasteiger partial charge in [-0.05, 0) is 78.8 Å². The quantitative estimate of drug-likeness (QED) is 0.0700. The number of hydrogen-bond donors (Lipinski definition) is 0. The minimum absolute atomic E-state index is 0.0809. The first-order valence-corrected chi connectivity index (χ1v) is 16.4. The zero-order valence-corrected chi connectivity index (χ0v) is 29.2. The maximum atomic E-state index is 12.4. The average molecular weight is 725 g/mol. The average Bonchev–Trinajstić information content (AvgIpc) is 3.18. The molecule has 0 fully saturated rings. The standard InChI is InChI=1S/C37H40O15/c1-5-21-37(22-44-34(41)50-47-31(38)28-15-9-25(6-2)10-16-28,23-45-35(42)51-48-32(39)29-17-11-26(7-3)12-18-29)24-46-36(43)52-49-33(40)30-19-13-27(8-4)14-20-30/h9-20H,5-8,21-24H2,1-4H3. The fraction of sp³-hybridized carbons (Fsp3) is 0.351. The van der Waals surface area contributed by atoms with Crippen molar-refractivity contribution < 1.29 is 72.3 Å². The summed E-state index contributed by atoms with van der Waals surface area (Å²) in [5.74, 6) is -2.91. The first-order valence-electron chi connectivity index (χ1n) is 16.4. The van der Waals surface area contributed by atoms with Gasteiger partial charge >= 0.3 is 36.4 Å². The van der Waals surface area contributed by atoms with Crippen molar-refractivity contribution in [3.8, 4) is 0 Å². The van der Waals surface area contributed by atoms with E-state index in [0.717, 1.165) is 36.0 Å². The summed E-state index contributed by atoms with van der Waals surface area (Å²) in [6.07, 6.45) is -1.66. The van der Waals surface area contributed by atoms with E-state index in [4.69, 9.17) is 14.2 Å². The van der Waals surface area contributed by atoms with E-state index in [1.165, 1.54) is 36.4 Å². The number of carbonyl (C=O) groups is 6. The first kappa shape index (κ1) is 40.3. The Hall–Kier alpha value is -6.12. The molecule has 0 saturated carbocycles.